The molecule has 4 aromatic rings. The quantitative estimate of drug-likeness (QED) is 0.220. The van der Waals surface area contributed by atoms with Crippen molar-refractivity contribution in [2.75, 3.05) is 28.1 Å². The monoisotopic (exact) mass is 512 g/mol. The van der Waals surface area contributed by atoms with E-state index in [1.165, 1.54) is 16.7 Å². The fourth-order valence-corrected chi connectivity index (χ4v) is 4.59. The average molecular weight is 513 g/mol. The van der Waals surface area contributed by atoms with Gasteiger partial charge >= 0.3 is 0 Å². The lowest BCUT2D eigenvalue weighted by atomic mass is 10.0. The second-order valence-corrected chi connectivity index (χ2v) is 9.10. The Labute approximate surface area is 223 Å². The Kier molecular flexibility index (Phi) is 7.88. The summed E-state index contributed by atoms with van der Waals surface area (Å²) in [7, 11) is 4.99. The topological polar surface area (TPSA) is 55.4 Å². The zero-order valence-electron chi connectivity index (χ0n) is 22.0. The Morgan fingerprint density at radius 2 is 1.21 bits per heavy atom. The summed E-state index contributed by atoms with van der Waals surface area (Å²) < 4.78 is 33.9. The third kappa shape index (κ3) is 5.97. The van der Waals surface area contributed by atoms with E-state index in [4.69, 9.17) is 28.4 Å². The largest absolute Gasteiger partial charge is 0.497 e. The number of ether oxygens (including phenoxy) is 6. The number of benzene rings is 4. The zero-order chi connectivity index (χ0) is 26.3. The van der Waals surface area contributed by atoms with Crippen molar-refractivity contribution in [2.45, 2.75) is 25.7 Å². The molecule has 0 atom stereocenters. The summed E-state index contributed by atoms with van der Waals surface area (Å²) in [5, 5.41) is 0. The van der Waals surface area contributed by atoms with Gasteiger partial charge in [0.15, 0.2) is 23.0 Å². The van der Waals surface area contributed by atoms with Crippen LogP contribution in [0.5, 0.6) is 40.2 Å². The van der Waals surface area contributed by atoms with Gasteiger partial charge in [0, 0.05) is 6.07 Å². The van der Waals surface area contributed by atoms with Crippen LogP contribution in [0, 0.1) is 0 Å². The minimum atomic E-state index is 0.287. The molecule has 0 aromatic heterocycles. The van der Waals surface area contributed by atoms with Crippen molar-refractivity contribution in [3.63, 3.8) is 0 Å². The summed E-state index contributed by atoms with van der Waals surface area (Å²) in [4.78, 5) is 0. The third-order valence-electron chi connectivity index (χ3n) is 6.65. The van der Waals surface area contributed by atoms with Gasteiger partial charge in [-0.1, -0.05) is 30.3 Å². The van der Waals surface area contributed by atoms with Crippen LogP contribution in [0.15, 0.2) is 78.9 Å². The summed E-state index contributed by atoms with van der Waals surface area (Å²) in [5.41, 5.74) is 4.63. The molecule has 38 heavy (non-hydrogen) atoms. The van der Waals surface area contributed by atoms with Crippen LogP contribution in [0.25, 0.3) is 0 Å². The highest BCUT2D eigenvalue weighted by Crippen LogP contribution is 2.38. The first-order valence-corrected chi connectivity index (χ1v) is 12.7. The SMILES string of the molecule is COc1cccc(CCc2cc(Oc3cccc(CCc4ccc5c(c4)OCO5)c3)c(OC)cc2OC)c1. The van der Waals surface area contributed by atoms with Gasteiger partial charge in [0.05, 0.1) is 21.3 Å². The lowest BCUT2D eigenvalue weighted by molar-refractivity contribution is 0.174. The van der Waals surface area contributed by atoms with Crippen LogP contribution in [-0.2, 0) is 25.7 Å². The van der Waals surface area contributed by atoms with E-state index in [0.717, 1.165) is 60.0 Å². The van der Waals surface area contributed by atoms with Crippen molar-refractivity contribution in [3.8, 4) is 40.2 Å². The molecule has 4 aromatic carbocycles. The zero-order valence-corrected chi connectivity index (χ0v) is 22.0. The second kappa shape index (κ2) is 11.8. The molecular weight excluding hydrogens is 480 g/mol. The summed E-state index contributed by atoms with van der Waals surface area (Å²) in [5.74, 6) is 5.28. The lowest BCUT2D eigenvalue weighted by Crippen LogP contribution is -1.99. The Hall–Kier alpha value is -4.32. The molecule has 0 unspecified atom stereocenters. The van der Waals surface area contributed by atoms with Gasteiger partial charge in [-0.15, -0.1) is 0 Å². The minimum Gasteiger partial charge on any atom is -0.497 e. The van der Waals surface area contributed by atoms with Gasteiger partial charge in [-0.25, -0.2) is 0 Å². The first kappa shape index (κ1) is 25.3. The summed E-state index contributed by atoms with van der Waals surface area (Å²) in [6.45, 7) is 0.287. The van der Waals surface area contributed by atoms with E-state index in [9.17, 15) is 0 Å². The Bertz CT molecular complexity index is 1400. The van der Waals surface area contributed by atoms with Crippen molar-refractivity contribution in [1.82, 2.24) is 0 Å². The highest BCUT2D eigenvalue weighted by Gasteiger charge is 2.15. The maximum Gasteiger partial charge on any atom is 0.231 e. The molecule has 1 aliphatic rings. The van der Waals surface area contributed by atoms with E-state index in [0.29, 0.717) is 11.5 Å². The molecule has 0 saturated heterocycles. The lowest BCUT2D eigenvalue weighted by Gasteiger charge is -2.16. The predicted molar refractivity (Wildman–Crippen MR) is 146 cm³/mol. The molecule has 1 aliphatic heterocycles. The molecular formula is C32H32O6. The van der Waals surface area contributed by atoms with Gasteiger partial charge in [-0.05, 0) is 90.4 Å². The molecule has 5 rings (SSSR count). The Morgan fingerprint density at radius 1 is 0.553 bits per heavy atom. The van der Waals surface area contributed by atoms with Crippen molar-refractivity contribution in [1.29, 1.82) is 0 Å². The Morgan fingerprint density at radius 3 is 1.95 bits per heavy atom. The maximum atomic E-state index is 6.35. The van der Waals surface area contributed by atoms with Gasteiger partial charge in [-0.3, -0.25) is 0 Å². The van der Waals surface area contributed by atoms with Crippen LogP contribution in [-0.4, -0.2) is 28.1 Å². The van der Waals surface area contributed by atoms with E-state index in [1.807, 2.05) is 42.5 Å². The van der Waals surface area contributed by atoms with Crippen LogP contribution in [0.4, 0.5) is 0 Å². The number of fused-ring (bicyclic) bond motifs is 1. The number of methoxy groups -OCH3 is 3. The van der Waals surface area contributed by atoms with Crippen molar-refractivity contribution in [3.05, 3.63) is 101 Å². The number of hydrogen-bond donors (Lipinski definition) is 0. The fraction of sp³-hybridized carbons (Fsp3) is 0.250. The normalized spacial score (nSPS) is 11.8. The Balaban J connectivity index is 1.30. The fourth-order valence-electron chi connectivity index (χ4n) is 4.59. The van der Waals surface area contributed by atoms with E-state index in [1.54, 1.807) is 21.3 Å². The number of rotatable bonds is 11. The van der Waals surface area contributed by atoms with Crippen LogP contribution >= 0.6 is 0 Å². The molecule has 0 aliphatic carbocycles. The molecule has 6 nitrogen and oxygen atoms in total. The molecule has 196 valence electrons. The van der Waals surface area contributed by atoms with Crippen molar-refractivity contribution >= 4 is 0 Å². The van der Waals surface area contributed by atoms with E-state index in [-0.39, 0.29) is 6.79 Å². The molecule has 0 bridgehead atoms. The van der Waals surface area contributed by atoms with E-state index in [2.05, 4.69) is 36.4 Å². The highest BCUT2D eigenvalue weighted by molar-refractivity contribution is 5.53. The van der Waals surface area contributed by atoms with Gasteiger partial charge in [-0.2, -0.15) is 0 Å². The standard InChI is InChI=1S/C32H32O6/c1-33-26-8-4-6-23(16-26)12-14-25-19-32(30(35-3)20-29(25)34-2)38-27-9-5-7-22(17-27)10-11-24-13-15-28-31(18-24)37-21-36-28/h4-9,13,15-20H,10-12,14,21H2,1-3H3. The van der Waals surface area contributed by atoms with Gasteiger partial charge in [0.25, 0.3) is 0 Å². The van der Waals surface area contributed by atoms with Crippen molar-refractivity contribution in [2.24, 2.45) is 0 Å². The summed E-state index contributed by atoms with van der Waals surface area (Å²) in [6.07, 6.45) is 3.39. The second-order valence-electron chi connectivity index (χ2n) is 9.10. The third-order valence-corrected chi connectivity index (χ3v) is 6.65. The van der Waals surface area contributed by atoms with Crippen LogP contribution < -0.4 is 28.4 Å². The average Bonchev–Trinajstić information content (AvgIpc) is 3.43. The first-order chi connectivity index (χ1) is 18.6. The maximum absolute atomic E-state index is 6.35. The molecule has 0 radical (unpaired) electrons. The first-order valence-electron chi connectivity index (χ1n) is 12.7. The van der Waals surface area contributed by atoms with Crippen LogP contribution in [0.3, 0.4) is 0 Å². The summed E-state index contributed by atoms with van der Waals surface area (Å²) in [6, 6.07) is 26.3. The van der Waals surface area contributed by atoms with Crippen molar-refractivity contribution < 1.29 is 28.4 Å². The van der Waals surface area contributed by atoms with Crippen LogP contribution in [0.1, 0.15) is 22.3 Å². The molecule has 0 N–H and O–H groups in total. The number of aryl methyl sites for hydroxylation is 4. The molecule has 0 fully saturated rings. The predicted octanol–water partition coefficient (Wildman–Crippen LogP) is 6.80. The van der Waals surface area contributed by atoms with E-state index >= 15 is 0 Å². The molecule has 0 saturated carbocycles. The molecule has 6 heteroatoms. The molecule has 1 heterocycles. The van der Waals surface area contributed by atoms with Gasteiger partial charge < -0.3 is 28.4 Å². The van der Waals surface area contributed by atoms with E-state index < -0.39 is 0 Å². The van der Waals surface area contributed by atoms with Gasteiger partial charge in [0.1, 0.15) is 17.2 Å². The van der Waals surface area contributed by atoms with Gasteiger partial charge in [0.2, 0.25) is 6.79 Å². The number of hydrogen-bond acceptors (Lipinski definition) is 6. The summed E-state index contributed by atoms with van der Waals surface area (Å²) >= 11 is 0. The minimum absolute atomic E-state index is 0.287. The molecule has 0 amide bonds. The molecule has 0 spiro atoms. The highest BCUT2D eigenvalue weighted by atomic mass is 16.7. The van der Waals surface area contributed by atoms with Crippen LogP contribution in [0.2, 0.25) is 0 Å². The smallest absolute Gasteiger partial charge is 0.231 e.